The van der Waals surface area contributed by atoms with E-state index >= 15 is 0 Å². The van der Waals surface area contributed by atoms with E-state index in [0.717, 1.165) is 22.3 Å². The zero-order chi connectivity index (χ0) is 17.9. The van der Waals surface area contributed by atoms with E-state index in [1.54, 1.807) is 34.6 Å². The molecule has 0 aliphatic heterocycles. The second-order valence-corrected chi connectivity index (χ2v) is 8.03. The van der Waals surface area contributed by atoms with Gasteiger partial charge in [-0.2, -0.15) is 0 Å². The Hall–Kier alpha value is -1.40. The third-order valence-electron chi connectivity index (χ3n) is 3.90. The summed E-state index contributed by atoms with van der Waals surface area (Å²) in [6, 6.07) is 1.98. The SMILES string of the molecule is Cc1cc(C)c(C)c(S(=O)(=O)NCC(C)C(=O)OC(C)C)c1C. The predicted molar refractivity (Wildman–Crippen MR) is 91.0 cm³/mol. The van der Waals surface area contributed by atoms with Crippen molar-refractivity contribution in [1.29, 1.82) is 0 Å². The highest BCUT2D eigenvalue weighted by atomic mass is 32.2. The molecule has 0 aromatic heterocycles. The zero-order valence-electron chi connectivity index (χ0n) is 15.0. The van der Waals surface area contributed by atoms with Gasteiger partial charge in [-0.3, -0.25) is 4.79 Å². The van der Waals surface area contributed by atoms with E-state index in [2.05, 4.69) is 4.72 Å². The summed E-state index contributed by atoms with van der Waals surface area (Å²) in [5.41, 5.74) is 3.33. The first-order chi connectivity index (χ1) is 10.5. The largest absolute Gasteiger partial charge is 0.463 e. The molecule has 1 aromatic rings. The van der Waals surface area contributed by atoms with E-state index in [1.165, 1.54) is 0 Å². The molecule has 0 fully saturated rings. The summed E-state index contributed by atoms with van der Waals surface area (Å²) in [6.45, 7) is 12.6. The van der Waals surface area contributed by atoms with E-state index in [9.17, 15) is 13.2 Å². The number of carbonyl (C=O) groups excluding carboxylic acids is 1. The molecule has 1 aromatic carbocycles. The van der Waals surface area contributed by atoms with Gasteiger partial charge < -0.3 is 4.74 Å². The Morgan fingerprint density at radius 2 is 1.57 bits per heavy atom. The van der Waals surface area contributed by atoms with Crippen LogP contribution in [0.5, 0.6) is 0 Å². The van der Waals surface area contributed by atoms with Crippen molar-refractivity contribution in [1.82, 2.24) is 4.72 Å². The predicted octanol–water partition coefficient (Wildman–Crippen LogP) is 2.79. The number of sulfonamides is 1. The summed E-state index contributed by atoms with van der Waals surface area (Å²) in [4.78, 5) is 12.1. The molecule has 0 aliphatic rings. The highest BCUT2D eigenvalue weighted by molar-refractivity contribution is 7.89. The number of carbonyl (C=O) groups is 1. The lowest BCUT2D eigenvalue weighted by molar-refractivity contribution is -0.151. The minimum atomic E-state index is -3.68. The lowest BCUT2D eigenvalue weighted by atomic mass is 10.0. The van der Waals surface area contributed by atoms with Gasteiger partial charge in [0.15, 0.2) is 0 Å². The average molecular weight is 341 g/mol. The first-order valence-corrected chi connectivity index (χ1v) is 9.23. The second kappa shape index (κ2) is 7.45. The van der Waals surface area contributed by atoms with Crippen LogP contribution in [0.2, 0.25) is 0 Å². The van der Waals surface area contributed by atoms with Crippen LogP contribution >= 0.6 is 0 Å². The van der Waals surface area contributed by atoms with E-state index in [0.29, 0.717) is 4.90 Å². The first-order valence-electron chi connectivity index (χ1n) is 7.75. The van der Waals surface area contributed by atoms with Crippen LogP contribution in [0.15, 0.2) is 11.0 Å². The molecular weight excluding hydrogens is 314 g/mol. The third kappa shape index (κ3) is 4.78. The molecule has 0 heterocycles. The number of hydrogen-bond acceptors (Lipinski definition) is 4. The molecule has 1 atom stereocenters. The number of ether oxygens (including phenoxy) is 1. The maximum atomic E-state index is 12.7. The van der Waals surface area contributed by atoms with Gasteiger partial charge in [0.1, 0.15) is 0 Å². The van der Waals surface area contributed by atoms with Crippen LogP contribution in [0.1, 0.15) is 43.0 Å². The molecule has 0 saturated carbocycles. The van der Waals surface area contributed by atoms with Gasteiger partial charge in [-0.05, 0) is 63.8 Å². The van der Waals surface area contributed by atoms with E-state index < -0.39 is 21.9 Å². The average Bonchev–Trinajstić information content (AvgIpc) is 2.42. The smallest absolute Gasteiger partial charge is 0.310 e. The van der Waals surface area contributed by atoms with Gasteiger partial charge in [-0.25, -0.2) is 13.1 Å². The molecule has 1 unspecified atom stereocenters. The fourth-order valence-electron chi connectivity index (χ4n) is 2.32. The number of hydrogen-bond donors (Lipinski definition) is 1. The van der Waals surface area contributed by atoms with Gasteiger partial charge in [0, 0.05) is 6.54 Å². The molecule has 5 nitrogen and oxygen atoms in total. The number of aryl methyl sites for hydroxylation is 2. The molecule has 6 heteroatoms. The fraction of sp³-hybridized carbons (Fsp3) is 0.588. The van der Waals surface area contributed by atoms with Crippen molar-refractivity contribution in [2.45, 2.75) is 59.5 Å². The van der Waals surface area contributed by atoms with Gasteiger partial charge in [0.05, 0.1) is 16.9 Å². The van der Waals surface area contributed by atoms with Crippen molar-refractivity contribution >= 4 is 16.0 Å². The molecule has 130 valence electrons. The highest BCUT2D eigenvalue weighted by Crippen LogP contribution is 2.25. The van der Waals surface area contributed by atoms with E-state index in [4.69, 9.17) is 4.74 Å². The Morgan fingerprint density at radius 1 is 1.09 bits per heavy atom. The molecule has 1 N–H and O–H groups in total. The summed E-state index contributed by atoms with van der Waals surface area (Å²) in [7, 11) is -3.68. The van der Waals surface area contributed by atoms with E-state index in [1.807, 2.05) is 19.9 Å². The molecule has 0 radical (unpaired) electrons. The lowest BCUT2D eigenvalue weighted by Gasteiger charge is -2.18. The zero-order valence-corrected chi connectivity index (χ0v) is 15.8. The van der Waals surface area contributed by atoms with Gasteiger partial charge in [0.2, 0.25) is 10.0 Å². The summed E-state index contributed by atoms with van der Waals surface area (Å²) in [5, 5.41) is 0. The lowest BCUT2D eigenvalue weighted by Crippen LogP contribution is -2.34. The van der Waals surface area contributed by atoms with Crippen LogP contribution in [-0.2, 0) is 19.6 Å². The monoisotopic (exact) mass is 341 g/mol. The van der Waals surface area contributed by atoms with Crippen LogP contribution in [-0.4, -0.2) is 27.0 Å². The van der Waals surface area contributed by atoms with Crippen LogP contribution in [0.3, 0.4) is 0 Å². The molecule has 0 amide bonds. The summed E-state index contributed by atoms with van der Waals surface area (Å²) < 4.78 is 33.0. The topological polar surface area (TPSA) is 72.5 Å². The minimum Gasteiger partial charge on any atom is -0.463 e. The van der Waals surface area contributed by atoms with Gasteiger partial charge >= 0.3 is 5.97 Å². The van der Waals surface area contributed by atoms with Crippen molar-refractivity contribution in [2.24, 2.45) is 5.92 Å². The van der Waals surface area contributed by atoms with Crippen LogP contribution in [0.25, 0.3) is 0 Å². The highest BCUT2D eigenvalue weighted by Gasteiger charge is 2.24. The standard InChI is InChI=1S/C17H27NO4S/c1-10(2)22-17(19)13(5)9-18-23(20,21)16-14(6)11(3)8-12(4)15(16)7/h8,10,13,18H,9H2,1-7H3. The summed E-state index contributed by atoms with van der Waals surface area (Å²) in [5.74, 6) is -0.949. The maximum Gasteiger partial charge on any atom is 0.310 e. The van der Waals surface area contributed by atoms with Gasteiger partial charge in [-0.1, -0.05) is 13.0 Å². The van der Waals surface area contributed by atoms with Crippen LogP contribution < -0.4 is 4.72 Å². The maximum absolute atomic E-state index is 12.7. The second-order valence-electron chi connectivity index (χ2n) is 6.33. The Balaban J connectivity index is 3.00. The fourth-order valence-corrected chi connectivity index (χ4v) is 4.06. The Bertz CT molecular complexity index is 667. The Kier molecular flexibility index (Phi) is 6.36. The molecule has 0 aliphatic carbocycles. The van der Waals surface area contributed by atoms with Gasteiger partial charge in [0.25, 0.3) is 0 Å². The normalized spacial score (nSPS) is 13.2. The summed E-state index contributed by atoms with van der Waals surface area (Å²) >= 11 is 0. The van der Waals surface area contributed by atoms with Crippen LogP contribution in [0.4, 0.5) is 0 Å². The van der Waals surface area contributed by atoms with Crippen LogP contribution in [0, 0.1) is 33.6 Å². The van der Waals surface area contributed by atoms with Crippen molar-refractivity contribution in [2.75, 3.05) is 6.54 Å². The number of nitrogens with one attached hydrogen (secondary N) is 1. The molecule has 23 heavy (non-hydrogen) atoms. The number of benzene rings is 1. The Labute approximate surface area is 139 Å². The molecule has 0 spiro atoms. The molecule has 0 saturated heterocycles. The molecular formula is C17H27NO4S. The first kappa shape index (κ1) is 19.6. The van der Waals surface area contributed by atoms with Gasteiger partial charge in [-0.15, -0.1) is 0 Å². The number of rotatable bonds is 6. The van der Waals surface area contributed by atoms with Crippen molar-refractivity contribution in [3.05, 3.63) is 28.3 Å². The molecule has 1 rings (SSSR count). The van der Waals surface area contributed by atoms with Crippen molar-refractivity contribution in [3.8, 4) is 0 Å². The molecule has 0 bridgehead atoms. The van der Waals surface area contributed by atoms with Crippen molar-refractivity contribution in [3.63, 3.8) is 0 Å². The van der Waals surface area contributed by atoms with E-state index in [-0.39, 0.29) is 12.6 Å². The quantitative estimate of drug-likeness (QED) is 0.808. The third-order valence-corrected chi connectivity index (χ3v) is 5.60. The summed E-state index contributed by atoms with van der Waals surface area (Å²) in [6.07, 6.45) is -0.217. The van der Waals surface area contributed by atoms with Crippen molar-refractivity contribution < 1.29 is 17.9 Å². The minimum absolute atomic E-state index is 0.0136. The number of esters is 1. The Morgan fingerprint density at radius 3 is 2.00 bits per heavy atom.